The zero-order valence-corrected chi connectivity index (χ0v) is 14.9. The van der Waals surface area contributed by atoms with E-state index in [2.05, 4.69) is 5.32 Å². The van der Waals surface area contributed by atoms with Crippen LogP contribution in [0.1, 0.15) is 58.3 Å². The first-order valence-corrected chi connectivity index (χ1v) is 9.51. The molecule has 1 aliphatic heterocycles. The summed E-state index contributed by atoms with van der Waals surface area (Å²) >= 11 is 0. The lowest BCUT2D eigenvalue weighted by Crippen LogP contribution is -2.46. The van der Waals surface area contributed by atoms with E-state index in [1.807, 2.05) is 6.92 Å². The van der Waals surface area contributed by atoms with Crippen LogP contribution in [-0.4, -0.2) is 55.9 Å². The molecule has 2 amide bonds. The first-order valence-electron chi connectivity index (χ1n) is 9.51. The molecule has 1 aliphatic carbocycles. The molecule has 1 saturated carbocycles. The Morgan fingerprint density at radius 2 is 1.79 bits per heavy atom. The van der Waals surface area contributed by atoms with E-state index in [0.717, 1.165) is 13.0 Å². The fourth-order valence-electron chi connectivity index (χ4n) is 3.44. The maximum Gasteiger partial charge on any atom is 0.317 e. The molecule has 138 valence electrons. The van der Waals surface area contributed by atoms with E-state index in [1.54, 1.807) is 4.90 Å². The Morgan fingerprint density at radius 3 is 2.46 bits per heavy atom. The van der Waals surface area contributed by atoms with Gasteiger partial charge >= 0.3 is 12.0 Å². The van der Waals surface area contributed by atoms with Gasteiger partial charge < -0.3 is 19.7 Å². The van der Waals surface area contributed by atoms with E-state index >= 15 is 0 Å². The molecule has 0 radical (unpaired) electrons. The van der Waals surface area contributed by atoms with Gasteiger partial charge in [-0.15, -0.1) is 0 Å². The Kier molecular flexibility index (Phi) is 8.36. The molecule has 0 spiro atoms. The zero-order valence-electron chi connectivity index (χ0n) is 14.9. The van der Waals surface area contributed by atoms with Crippen LogP contribution in [0.2, 0.25) is 0 Å². The van der Waals surface area contributed by atoms with Crippen molar-refractivity contribution in [2.45, 2.75) is 64.4 Å². The minimum atomic E-state index is -0.127. The predicted molar refractivity (Wildman–Crippen MR) is 91.8 cm³/mol. The van der Waals surface area contributed by atoms with Crippen molar-refractivity contribution in [3.05, 3.63) is 0 Å². The summed E-state index contributed by atoms with van der Waals surface area (Å²) in [5, 5.41) is 2.95. The Hall–Kier alpha value is -1.30. The van der Waals surface area contributed by atoms with Crippen LogP contribution in [0.4, 0.5) is 4.79 Å². The highest BCUT2D eigenvalue weighted by atomic mass is 16.5. The number of hydrogen-bond acceptors (Lipinski definition) is 4. The summed E-state index contributed by atoms with van der Waals surface area (Å²) < 4.78 is 10.9. The van der Waals surface area contributed by atoms with Crippen molar-refractivity contribution in [3.8, 4) is 0 Å². The van der Waals surface area contributed by atoms with Crippen LogP contribution in [-0.2, 0) is 14.3 Å². The van der Waals surface area contributed by atoms with Gasteiger partial charge in [0.15, 0.2) is 0 Å². The number of likely N-dealkylation sites (tertiary alicyclic amines) is 1. The average molecular weight is 340 g/mol. The van der Waals surface area contributed by atoms with Crippen molar-refractivity contribution in [1.29, 1.82) is 0 Å². The molecule has 2 rings (SSSR count). The van der Waals surface area contributed by atoms with Crippen LogP contribution in [0.3, 0.4) is 0 Å². The van der Waals surface area contributed by atoms with E-state index in [0.29, 0.717) is 45.2 Å². The molecule has 24 heavy (non-hydrogen) atoms. The van der Waals surface area contributed by atoms with Crippen molar-refractivity contribution >= 4 is 12.0 Å². The Labute approximate surface area is 145 Å². The van der Waals surface area contributed by atoms with Gasteiger partial charge in [-0.1, -0.05) is 19.3 Å². The van der Waals surface area contributed by atoms with Crippen LogP contribution in [0.25, 0.3) is 0 Å². The summed E-state index contributed by atoms with van der Waals surface area (Å²) in [6, 6.07) is -0.0324. The van der Waals surface area contributed by atoms with E-state index in [9.17, 15) is 9.59 Å². The van der Waals surface area contributed by atoms with Crippen LogP contribution < -0.4 is 5.32 Å². The topological polar surface area (TPSA) is 67.9 Å². The Morgan fingerprint density at radius 1 is 1.08 bits per heavy atom. The van der Waals surface area contributed by atoms with E-state index < -0.39 is 0 Å². The van der Waals surface area contributed by atoms with Crippen molar-refractivity contribution < 1.29 is 19.1 Å². The first-order chi connectivity index (χ1) is 11.7. The van der Waals surface area contributed by atoms with Crippen LogP contribution in [0, 0.1) is 5.92 Å². The number of hydrogen-bond donors (Lipinski definition) is 1. The highest BCUT2D eigenvalue weighted by molar-refractivity contribution is 5.76. The minimum absolute atomic E-state index is 0.0324. The smallest absolute Gasteiger partial charge is 0.317 e. The lowest BCUT2D eigenvalue weighted by Gasteiger charge is -2.31. The van der Waals surface area contributed by atoms with E-state index in [4.69, 9.17) is 9.47 Å². The monoisotopic (exact) mass is 340 g/mol. The molecule has 1 saturated heterocycles. The quantitative estimate of drug-likeness (QED) is 0.571. The second-order valence-electron chi connectivity index (χ2n) is 6.73. The number of amides is 2. The summed E-state index contributed by atoms with van der Waals surface area (Å²) in [6.07, 6.45) is 8.92. The summed E-state index contributed by atoms with van der Waals surface area (Å²) in [7, 11) is 0. The summed E-state index contributed by atoms with van der Waals surface area (Å²) in [5.74, 6) is -0.185. The van der Waals surface area contributed by atoms with E-state index in [-0.39, 0.29) is 17.9 Å². The largest absolute Gasteiger partial charge is 0.466 e. The molecule has 0 aromatic rings. The number of nitrogens with zero attached hydrogens (tertiary/aromatic N) is 1. The Balaban J connectivity index is 1.52. The predicted octanol–water partition coefficient (Wildman–Crippen LogP) is 2.71. The molecule has 2 aliphatic rings. The molecule has 0 aromatic carbocycles. The van der Waals surface area contributed by atoms with Gasteiger partial charge in [0.2, 0.25) is 0 Å². The molecule has 6 heteroatoms. The lowest BCUT2D eigenvalue weighted by molar-refractivity contribution is -0.149. The van der Waals surface area contributed by atoms with Crippen LogP contribution >= 0.6 is 0 Å². The third kappa shape index (κ3) is 6.30. The molecule has 1 N–H and O–H groups in total. The van der Waals surface area contributed by atoms with Gasteiger partial charge in [-0.2, -0.15) is 0 Å². The summed E-state index contributed by atoms with van der Waals surface area (Å²) in [5.41, 5.74) is 0. The Bertz CT molecular complexity index is 388. The zero-order chi connectivity index (χ0) is 17.2. The van der Waals surface area contributed by atoms with Gasteiger partial charge in [0.25, 0.3) is 0 Å². The fraction of sp³-hybridized carbons (Fsp3) is 0.889. The molecule has 0 bridgehead atoms. The molecule has 0 atom stereocenters. The third-order valence-corrected chi connectivity index (χ3v) is 4.91. The molecule has 0 unspecified atom stereocenters. The van der Waals surface area contributed by atoms with Gasteiger partial charge in [-0.3, -0.25) is 4.79 Å². The molecule has 2 fully saturated rings. The highest BCUT2D eigenvalue weighted by Gasteiger charge is 2.27. The highest BCUT2D eigenvalue weighted by Crippen LogP contribution is 2.20. The number of carbonyl (C=O) groups excluding carboxylic acids is 2. The number of carbonyl (C=O) groups is 2. The van der Waals surface area contributed by atoms with Gasteiger partial charge in [-0.05, 0) is 39.0 Å². The van der Waals surface area contributed by atoms with Crippen molar-refractivity contribution in [2.75, 3.05) is 32.8 Å². The number of esters is 1. The summed E-state index contributed by atoms with van der Waals surface area (Å²) in [4.78, 5) is 25.6. The van der Waals surface area contributed by atoms with Gasteiger partial charge in [-0.25, -0.2) is 4.79 Å². The molecule has 0 aromatic heterocycles. The number of urea groups is 1. The van der Waals surface area contributed by atoms with E-state index in [1.165, 1.54) is 32.1 Å². The first kappa shape index (κ1) is 19.0. The second kappa shape index (κ2) is 10.5. The number of nitrogens with one attached hydrogen (secondary N) is 1. The normalized spacial score (nSPS) is 20.0. The average Bonchev–Trinajstić information content (AvgIpc) is 2.62. The molecule has 1 heterocycles. The van der Waals surface area contributed by atoms with Gasteiger partial charge in [0.1, 0.15) is 0 Å². The van der Waals surface area contributed by atoms with Crippen molar-refractivity contribution in [2.24, 2.45) is 5.92 Å². The lowest BCUT2D eigenvalue weighted by atomic mass is 9.97. The van der Waals surface area contributed by atoms with Crippen LogP contribution in [0.15, 0.2) is 0 Å². The number of rotatable bonds is 7. The standard InChI is InChI=1S/C18H32N2O4/c1-2-23-17(21)15-9-12-20(13-10-15)18(22)19-11-6-14-24-16-7-4-3-5-8-16/h15-16H,2-14H2,1H3,(H,19,22). The molecular formula is C18H32N2O4. The number of piperidine rings is 1. The third-order valence-electron chi connectivity index (χ3n) is 4.91. The van der Waals surface area contributed by atoms with Crippen LogP contribution in [0.5, 0.6) is 0 Å². The maximum atomic E-state index is 12.1. The summed E-state index contributed by atoms with van der Waals surface area (Å²) in [6.45, 7) is 4.84. The van der Waals surface area contributed by atoms with Gasteiger partial charge in [0.05, 0.1) is 18.6 Å². The fourth-order valence-corrected chi connectivity index (χ4v) is 3.44. The molecule has 6 nitrogen and oxygen atoms in total. The maximum absolute atomic E-state index is 12.1. The van der Waals surface area contributed by atoms with Gasteiger partial charge in [0, 0.05) is 26.2 Å². The van der Waals surface area contributed by atoms with Crippen molar-refractivity contribution in [1.82, 2.24) is 10.2 Å². The SMILES string of the molecule is CCOC(=O)C1CCN(C(=O)NCCCOC2CCCCC2)CC1. The molecular weight excluding hydrogens is 308 g/mol. The van der Waals surface area contributed by atoms with Crippen molar-refractivity contribution in [3.63, 3.8) is 0 Å². The second-order valence-corrected chi connectivity index (χ2v) is 6.73. The minimum Gasteiger partial charge on any atom is -0.466 e. The number of ether oxygens (including phenoxy) is 2.